The zero-order valence-corrected chi connectivity index (χ0v) is 16.0. The van der Waals surface area contributed by atoms with Crippen LogP contribution in [0.2, 0.25) is 0 Å². The summed E-state index contributed by atoms with van der Waals surface area (Å²) in [5, 5.41) is 13.4. The second-order valence-electron chi connectivity index (χ2n) is 6.50. The van der Waals surface area contributed by atoms with E-state index < -0.39 is 4.92 Å². The molecule has 1 aromatic heterocycles. The van der Waals surface area contributed by atoms with Gasteiger partial charge < -0.3 is 9.64 Å². The maximum Gasteiger partial charge on any atom is 0.311 e. The minimum atomic E-state index is -0.530. The molecule has 3 aromatic rings. The highest BCUT2D eigenvalue weighted by molar-refractivity contribution is 7.10. The predicted molar refractivity (Wildman–Crippen MR) is 107 cm³/mol. The summed E-state index contributed by atoms with van der Waals surface area (Å²) >= 11 is 1.70. The first-order chi connectivity index (χ1) is 13.6. The molecule has 1 aliphatic rings. The zero-order valence-electron chi connectivity index (χ0n) is 15.2. The first-order valence-electron chi connectivity index (χ1n) is 8.84. The number of rotatable bonds is 4. The molecule has 0 radical (unpaired) electrons. The number of nitrogens with zero attached hydrogens (tertiary/aromatic N) is 2. The average molecular weight is 394 g/mol. The van der Waals surface area contributed by atoms with Crippen molar-refractivity contribution in [2.24, 2.45) is 0 Å². The Hall–Kier alpha value is -3.19. The van der Waals surface area contributed by atoms with Gasteiger partial charge in [0.05, 0.1) is 18.1 Å². The van der Waals surface area contributed by atoms with Crippen LogP contribution in [0.1, 0.15) is 32.4 Å². The van der Waals surface area contributed by atoms with Crippen molar-refractivity contribution >= 4 is 22.9 Å². The Labute approximate surface area is 166 Å². The van der Waals surface area contributed by atoms with Crippen LogP contribution in [0.25, 0.3) is 0 Å². The Kier molecular flexibility index (Phi) is 4.83. The third kappa shape index (κ3) is 3.14. The molecule has 0 N–H and O–H groups in total. The molecule has 0 spiro atoms. The molecule has 6 nitrogen and oxygen atoms in total. The van der Waals surface area contributed by atoms with Gasteiger partial charge in [0.25, 0.3) is 5.91 Å². The van der Waals surface area contributed by atoms with Gasteiger partial charge in [0.15, 0.2) is 5.75 Å². The van der Waals surface area contributed by atoms with Crippen LogP contribution in [0.3, 0.4) is 0 Å². The fraction of sp³-hybridized carbons (Fsp3) is 0.190. The van der Waals surface area contributed by atoms with E-state index in [1.165, 1.54) is 24.1 Å². The monoisotopic (exact) mass is 394 g/mol. The standard InChI is InChI=1S/C21H18N2O4S/c1-27-18-8-7-15(13-17(18)23(25)26)21(24)22-11-9-19-16(10-12-28-19)20(22)14-5-3-2-4-6-14/h2-8,10,12-13,20H,9,11H2,1H3/t20-/m1/s1. The molecular weight excluding hydrogens is 376 g/mol. The molecule has 0 bridgehead atoms. The number of nitro groups is 1. The normalized spacial score (nSPS) is 15.8. The molecule has 28 heavy (non-hydrogen) atoms. The maximum atomic E-state index is 13.4. The topological polar surface area (TPSA) is 72.7 Å². The zero-order chi connectivity index (χ0) is 19.7. The van der Waals surface area contributed by atoms with Gasteiger partial charge in [0.2, 0.25) is 0 Å². The molecule has 0 fully saturated rings. The third-order valence-electron chi connectivity index (χ3n) is 4.96. The minimum Gasteiger partial charge on any atom is -0.490 e. The Morgan fingerprint density at radius 1 is 1.21 bits per heavy atom. The van der Waals surface area contributed by atoms with E-state index in [0.717, 1.165) is 17.5 Å². The second-order valence-corrected chi connectivity index (χ2v) is 7.51. The van der Waals surface area contributed by atoms with Crippen molar-refractivity contribution in [3.63, 3.8) is 0 Å². The van der Waals surface area contributed by atoms with Crippen LogP contribution in [0.4, 0.5) is 5.69 Å². The Morgan fingerprint density at radius 2 is 2.00 bits per heavy atom. The summed E-state index contributed by atoms with van der Waals surface area (Å²) in [6, 6.07) is 16.1. The highest BCUT2D eigenvalue weighted by Crippen LogP contribution is 2.39. The summed E-state index contributed by atoms with van der Waals surface area (Å²) in [4.78, 5) is 27.3. The minimum absolute atomic E-state index is 0.139. The van der Waals surface area contributed by atoms with E-state index in [-0.39, 0.29) is 28.9 Å². The van der Waals surface area contributed by atoms with Crippen molar-refractivity contribution in [1.29, 1.82) is 0 Å². The number of hydrogen-bond acceptors (Lipinski definition) is 5. The van der Waals surface area contributed by atoms with Gasteiger partial charge >= 0.3 is 5.69 Å². The molecule has 0 saturated heterocycles. The summed E-state index contributed by atoms with van der Waals surface area (Å²) in [7, 11) is 1.37. The number of benzene rings is 2. The molecule has 142 valence electrons. The quantitative estimate of drug-likeness (QED) is 0.484. The third-order valence-corrected chi connectivity index (χ3v) is 5.96. The predicted octanol–water partition coefficient (Wildman–Crippen LogP) is 4.45. The smallest absolute Gasteiger partial charge is 0.311 e. The van der Waals surface area contributed by atoms with Crippen molar-refractivity contribution in [2.45, 2.75) is 12.5 Å². The van der Waals surface area contributed by atoms with Gasteiger partial charge in [-0.05, 0) is 41.1 Å². The summed E-state index contributed by atoms with van der Waals surface area (Å²) in [5.41, 5.74) is 2.22. The fourth-order valence-corrected chi connectivity index (χ4v) is 4.57. The molecule has 2 heterocycles. The van der Waals surface area contributed by atoms with Crippen LogP contribution in [-0.2, 0) is 6.42 Å². The maximum absolute atomic E-state index is 13.4. The largest absolute Gasteiger partial charge is 0.490 e. The molecule has 1 atom stereocenters. The van der Waals surface area contributed by atoms with Crippen LogP contribution in [0.5, 0.6) is 5.75 Å². The highest BCUT2D eigenvalue weighted by Gasteiger charge is 2.34. The number of carbonyl (C=O) groups excluding carboxylic acids is 1. The fourth-order valence-electron chi connectivity index (χ4n) is 3.66. The summed E-state index contributed by atoms with van der Waals surface area (Å²) in [6.07, 6.45) is 0.778. The average Bonchev–Trinajstić information content (AvgIpc) is 3.21. The number of hydrogen-bond donors (Lipinski definition) is 0. The molecule has 0 saturated carbocycles. The van der Waals surface area contributed by atoms with Crippen LogP contribution in [0.15, 0.2) is 60.0 Å². The van der Waals surface area contributed by atoms with E-state index in [0.29, 0.717) is 6.54 Å². The lowest BCUT2D eigenvalue weighted by molar-refractivity contribution is -0.385. The molecule has 0 unspecified atom stereocenters. The SMILES string of the molecule is COc1ccc(C(=O)N2CCc3sccc3[C@H]2c2ccccc2)cc1[N+](=O)[O-]. The van der Waals surface area contributed by atoms with E-state index in [4.69, 9.17) is 4.74 Å². The first-order valence-corrected chi connectivity index (χ1v) is 9.72. The van der Waals surface area contributed by atoms with Gasteiger partial charge in [-0.2, -0.15) is 0 Å². The van der Waals surface area contributed by atoms with E-state index in [1.807, 2.05) is 35.7 Å². The Morgan fingerprint density at radius 3 is 2.71 bits per heavy atom. The number of ether oxygens (including phenoxy) is 1. The van der Waals surface area contributed by atoms with Crippen molar-refractivity contribution < 1.29 is 14.5 Å². The first kappa shape index (κ1) is 18.2. The number of thiophene rings is 1. The molecule has 1 amide bonds. The van der Waals surface area contributed by atoms with Gasteiger partial charge in [0.1, 0.15) is 0 Å². The van der Waals surface area contributed by atoms with Crippen molar-refractivity contribution in [3.05, 3.63) is 91.7 Å². The van der Waals surface area contributed by atoms with Crippen LogP contribution in [-0.4, -0.2) is 29.4 Å². The number of carbonyl (C=O) groups is 1. The van der Waals surface area contributed by atoms with Crippen LogP contribution >= 0.6 is 11.3 Å². The van der Waals surface area contributed by atoms with Gasteiger partial charge in [-0.1, -0.05) is 30.3 Å². The van der Waals surface area contributed by atoms with E-state index >= 15 is 0 Å². The molecule has 7 heteroatoms. The lowest BCUT2D eigenvalue weighted by Gasteiger charge is -2.36. The van der Waals surface area contributed by atoms with Crippen molar-refractivity contribution in [2.75, 3.05) is 13.7 Å². The van der Waals surface area contributed by atoms with Gasteiger partial charge in [0, 0.05) is 23.1 Å². The number of nitro benzene ring substituents is 1. The Balaban J connectivity index is 1.76. The summed E-state index contributed by atoms with van der Waals surface area (Å²) in [6.45, 7) is 0.561. The number of methoxy groups -OCH3 is 1. The number of amides is 1. The van der Waals surface area contributed by atoms with Crippen LogP contribution < -0.4 is 4.74 Å². The summed E-state index contributed by atoms with van der Waals surface area (Å²) < 4.78 is 5.05. The highest BCUT2D eigenvalue weighted by atomic mass is 32.1. The lowest BCUT2D eigenvalue weighted by atomic mass is 9.92. The van der Waals surface area contributed by atoms with Gasteiger partial charge in [-0.25, -0.2) is 0 Å². The second kappa shape index (κ2) is 7.44. The van der Waals surface area contributed by atoms with Crippen molar-refractivity contribution in [3.8, 4) is 5.75 Å². The Bertz CT molecular complexity index is 1030. The van der Waals surface area contributed by atoms with E-state index in [2.05, 4.69) is 6.07 Å². The summed E-state index contributed by atoms with van der Waals surface area (Å²) in [5.74, 6) is -0.0867. The van der Waals surface area contributed by atoms with Gasteiger partial charge in [-0.15, -0.1) is 11.3 Å². The molecular formula is C21H18N2O4S. The molecule has 0 aliphatic carbocycles. The van der Waals surface area contributed by atoms with Gasteiger partial charge in [-0.3, -0.25) is 14.9 Å². The lowest BCUT2D eigenvalue weighted by Crippen LogP contribution is -2.40. The van der Waals surface area contributed by atoms with Crippen molar-refractivity contribution in [1.82, 2.24) is 4.90 Å². The van der Waals surface area contributed by atoms with Crippen LogP contribution in [0, 0.1) is 10.1 Å². The van der Waals surface area contributed by atoms with E-state index in [1.54, 1.807) is 22.3 Å². The molecule has 2 aromatic carbocycles. The number of fused-ring (bicyclic) bond motifs is 1. The van der Waals surface area contributed by atoms with E-state index in [9.17, 15) is 14.9 Å². The molecule has 1 aliphatic heterocycles. The molecule has 4 rings (SSSR count).